The quantitative estimate of drug-likeness (QED) is 0.623. The number of unbranched alkanes of at least 4 members (excludes halogenated alkanes) is 1. The lowest BCUT2D eigenvalue weighted by Gasteiger charge is -2.21. The van der Waals surface area contributed by atoms with E-state index < -0.39 is 0 Å². The van der Waals surface area contributed by atoms with E-state index in [9.17, 15) is 0 Å². The van der Waals surface area contributed by atoms with Gasteiger partial charge in [-0.1, -0.05) is 27.2 Å². The summed E-state index contributed by atoms with van der Waals surface area (Å²) in [5, 5.41) is 3.38. The molecule has 2 heteroatoms. The van der Waals surface area contributed by atoms with Crippen LogP contribution >= 0.6 is 0 Å². The molecule has 80 valence electrons. The van der Waals surface area contributed by atoms with Gasteiger partial charge in [-0.25, -0.2) is 0 Å². The Kier molecular flexibility index (Phi) is 8.46. The van der Waals surface area contributed by atoms with Crippen molar-refractivity contribution in [2.75, 3.05) is 33.2 Å². The molecule has 0 amide bonds. The largest absolute Gasteiger partial charge is 0.317 e. The van der Waals surface area contributed by atoms with E-state index in [1.807, 2.05) is 0 Å². The topological polar surface area (TPSA) is 15.3 Å². The molecule has 0 aromatic carbocycles. The molecule has 0 saturated carbocycles. The summed E-state index contributed by atoms with van der Waals surface area (Å²) in [5.74, 6) is 0.766. The third kappa shape index (κ3) is 8.26. The van der Waals surface area contributed by atoms with Gasteiger partial charge in [0.2, 0.25) is 0 Å². The fourth-order valence-electron chi connectivity index (χ4n) is 1.51. The van der Waals surface area contributed by atoms with Gasteiger partial charge in [0.1, 0.15) is 0 Å². The van der Waals surface area contributed by atoms with E-state index in [0.29, 0.717) is 0 Å². The van der Waals surface area contributed by atoms with Crippen molar-refractivity contribution in [1.29, 1.82) is 0 Å². The number of nitrogens with one attached hydrogen (secondary N) is 1. The molecule has 2 nitrogen and oxygen atoms in total. The molecule has 0 aromatic rings. The molecular weight excluding hydrogens is 160 g/mol. The monoisotopic (exact) mass is 186 g/mol. The van der Waals surface area contributed by atoms with Crippen LogP contribution in [0.5, 0.6) is 0 Å². The minimum Gasteiger partial charge on any atom is -0.317 e. The standard InChI is InChI=1S/C11H26N2/c1-5-7-8-13(4)10-11(3)9-12-6-2/h11-12H,5-10H2,1-4H3. The van der Waals surface area contributed by atoms with E-state index in [4.69, 9.17) is 0 Å². The molecule has 0 fully saturated rings. The van der Waals surface area contributed by atoms with Gasteiger partial charge in [0, 0.05) is 6.54 Å². The van der Waals surface area contributed by atoms with Crippen molar-refractivity contribution < 1.29 is 0 Å². The summed E-state index contributed by atoms with van der Waals surface area (Å²) in [4.78, 5) is 2.44. The highest BCUT2D eigenvalue weighted by Gasteiger charge is 2.04. The van der Waals surface area contributed by atoms with Crippen LogP contribution in [-0.4, -0.2) is 38.1 Å². The molecule has 0 radical (unpaired) electrons. The summed E-state index contributed by atoms with van der Waals surface area (Å²) in [6, 6.07) is 0. The fraction of sp³-hybridized carbons (Fsp3) is 1.00. The van der Waals surface area contributed by atoms with Crippen LogP contribution in [-0.2, 0) is 0 Å². The third-order valence-electron chi connectivity index (χ3n) is 2.26. The Balaban J connectivity index is 3.35. The average molecular weight is 186 g/mol. The minimum atomic E-state index is 0.766. The predicted molar refractivity (Wildman–Crippen MR) is 60.1 cm³/mol. The summed E-state index contributed by atoms with van der Waals surface area (Å²) in [6.07, 6.45) is 2.62. The van der Waals surface area contributed by atoms with Crippen LogP contribution in [0.1, 0.15) is 33.6 Å². The summed E-state index contributed by atoms with van der Waals surface area (Å²) in [7, 11) is 2.22. The van der Waals surface area contributed by atoms with E-state index >= 15 is 0 Å². The number of hydrogen-bond acceptors (Lipinski definition) is 2. The second-order valence-electron chi connectivity index (χ2n) is 4.03. The van der Waals surface area contributed by atoms with Crippen molar-refractivity contribution in [3.8, 4) is 0 Å². The van der Waals surface area contributed by atoms with Crippen molar-refractivity contribution in [2.45, 2.75) is 33.6 Å². The van der Waals surface area contributed by atoms with E-state index in [1.54, 1.807) is 0 Å². The maximum absolute atomic E-state index is 3.38. The van der Waals surface area contributed by atoms with Gasteiger partial charge in [0.25, 0.3) is 0 Å². The zero-order chi connectivity index (χ0) is 10.1. The van der Waals surface area contributed by atoms with Gasteiger partial charge < -0.3 is 10.2 Å². The summed E-state index contributed by atoms with van der Waals surface area (Å²) < 4.78 is 0. The van der Waals surface area contributed by atoms with E-state index in [-0.39, 0.29) is 0 Å². The first-order chi connectivity index (χ1) is 6.20. The molecule has 1 atom stereocenters. The molecular formula is C11H26N2. The number of nitrogens with zero attached hydrogens (tertiary/aromatic N) is 1. The minimum absolute atomic E-state index is 0.766. The molecule has 0 heterocycles. The van der Waals surface area contributed by atoms with Gasteiger partial charge in [-0.15, -0.1) is 0 Å². The van der Waals surface area contributed by atoms with Gasteiger partial charge >= 0.3 is 0 Å². The third-order valence-corrected chi connectivity index (χ3v) is 2.26. The Bertz CT molecular complexity index is 92.3. The number of rotatable bonds is 8. The van der Waals surface area contributed by atoms with Crippen molar-refractivity contribution in [3.05, 3.63) is 0 Å². The molecule has 0 aliphatic rings. The van der Waals surface area contributed by atoms with E-state index in [1.165, 1.54) is 25.9 Å². The lowest BCUT2D eigenvalue weighted by Crippen LogP contribution is -2.31. The lowest BCUT2D eigenvalue weighted by atomic mass is 10.1. The lowest BCUT2D eigenvalue weighted by molar-refractivity contribution is 0.278. The van der Waals surface area contributed by atoms with Crippen molar-refractivity contribution in [1.82, 2.24) is 10.2 Å². The molecule has 13 heavy (non-hydrogen) atoms. The molecule has 1 unspecified atom stereocenters. The van der Waals surface area contributed by atoms with E-state index in [2.05, 4.69) is 38.0 Å². The maximum atomic E-state index is 3.38. The van der Waals surface area contributed by atoms with Crippen LogP contribution < -0.4 is 5.32 Å². The Morgan fingerprint density at radius 3 is 2.54 bits per heavy atom. The molecule has 1 N–H and O–H groups in total. The normalized spacial score (nSPS) is 13.6. The Hall–Kier alpha value is -0.0800. The van der Waals surface area contributed by atoms with Crippen molar-refractivity contribution in [2.24, 2.45) is 5.92 Å². The Morgan fingerprint density at radius 1 is 1.31 bits per heavy atom. The highest BCUT2D eigenvalue weighted by atomic mass is 15.1. The second kappa shape index (κ2) is 8.52. The molecule has 0 saturated heterocycles. The van der Waals surface area contributed by atoms with Crippen LogP contribution in [0, 0.1) is 5.92 Å². The molecule has 0 aliphatic heterocycles. The van der Waals surface area contributed by atoms with Crippen LogP contribution in [0.4, 0.5) is 0 Å². The van der Waals surface area contributed by atoms with Crippen molar-refractivity contribution in [3.63, 3.8) is 0 Å². The first-order valence-corrected chi connectivity index (χ1v) is 5.59. The van der Waals surface area contributed by atoms with Crippen LogP contribution in [0.25, 0.3) is 0 Å². The molecule has 0 spiro atoms. The van der Waals surface area contributed by atoms with Gasteiger partial charge in [0.15, 0.2) is 0 Å². The van der Waals surface area contributed by atoms with Gasteiger partial charge in [0.05, 0.1) is 0 Å². The Labute approximate surface area is 83.7 Å². The molecule has 0 aromatic heterocycles. The molecule has 0 rings (SSSR count). The molecule has 0 bridgehead atoms. The second-order valence-corrected chi connectivity index (χ2v) is 4.03. The predicted octanol–water partition coefficient (Wildman–Crippen LogP) is 1.96. The fourth-order valence-corrected chi connectivity index (χ4v) is 1.51. The van der Waals surface area contributed by atoms with Gasteiger partial charge in [-0.3, -0.25) is 0 Å². The summed E-state index contributed by atoms with van der Waals surface area (Å²) >= 11 is 0. The van der Waals surface area contributed by atoms with Gasteiger partial charge in [-0.2, -0.15) is 0 Å². The van der Waals surface area contributed by atoms with E-state index in [0.717, 1.165) is 19.0 Å². The number of hydrogen-bond donors (Lipinski definition) is 1. The highest BCUT2D eigenvalue weighted by Crippen LogP contribution is 1.98. The molecule has 0 aliphatic carbocycles. The first kappa shape index (κ1) is 12.9. The zero-order valence-corrected chi connectivity index (χ0v) is 9.77. The zero-order valence-electron chi connectivity index (χ0n) is 9.77. The average Bonchev–Trinajstić information content (AvgIpc) is 2.11. The summed E-state index contributed by atoms with van der Waals surface area (Å²) in [6.45, 7) is 11.4. The van der Waals surface area contributed by atoms with Crippen molar-refractivity contribution >= 4 is 0 Å². The SMILES string of the molecule is CCCCN(C)CC(C)CNCC. The smallest absolute Gasteiger partial charge is 0.00161 e. The van der Waals surface area contributed by atoms with Gasteiger partial charge in [-0.05, 0) is 39.0 Å². The maximum Gasteiger partial charge on any atom is 0.00161 e. The first-order valence-electron chi connectivity index (χ1n) is 5.59. The van der Waals surface area contributed by atoms with Crippen LogP contribution in [0.2, 0.25) is 0 Å². The highest BCUT2D eigenvalue weighted by molar-refractivity contribution is 4.61. The van der Waals surface area contributed by atoms with Crippen LogP contribution in [0.15, 0.2) is 0 Å². The Morgan fingerprint density at radius 2 is 2.00 bits per heavy atom. The summed E-state index contributed by atoms with van der Waals surface area (Å²) in [5.41, 5.74) is 0. The van der Waals surface area contributed by atoms with Crippen LogP contribution in [0.3, 0.4) is 0 Å².